The standard InChI is InChI=1S/C17H11F5N2O3S/c1-24-9-4-8(18)5-10(6-9)27-12-2-3-13(28(25,26)16(19)20)14-11(12)7-17(21,22)15(14)23/h2-6,15-16H,7,23H2/t15-/m0/s1. The van der Waals surface area contributed by atoms with E-state index in [1.807, 2.05) is 0 Å². The van der Waals surface area contributed by atoms with Crippen molar-refractivity contribution in [1.29, 1.82) is 0 Å². The van der Waals surface area contributed by atoms with Gasteiger partial charge >= 0.3 is 5.76 Å². The molecule has 2 aromatic carbocycles. The summed E-state index contributed by atoms with van der Waals surface area (Å²) in [5.41, 5.74) is 4.29. The molecular formula is C17H11F5N2O3S. The molecule has 2 N–H and O–H groups in total. The second-order valence-corrected chi connectivity index (χ2v) is 7.92. The van der Waals surface area contributed by atoms with Crippen molar-refractivity contribution in [2.45, 2.75) is 29.0 Å². The summed E-state index contributed by atoms with van der Waals surface area (Å²) in [6.07, 6.45) is -1.05. The van der Waals surface area contributed by atoms with Crippen molar-refractivity contribution < 1.29 is 35.1 Å². The molecule has 148 valence electrons. The number of hydrogen-bond donors (Lipinski definition) is 1. The van der Waals surface area contributed by atoms with Crippen LogP contribution < -0.4 is 10.5 Å². The van der Waals surface area contributed by atoms with Crippen LogP contribution in [0.4, 0.5) is 27.6 Å². The van der Waals surface area contributed by atoms with Gasteiger partial charge in [0.15, 0.2) is 5.69 Å². The van der Waals surface area contributed by atoms with Crippen molar-refractivity contribution in [2.75, 3.05) is 0 Å². The minimum atomic E-state index is -5.19. The maximum atomic E-state index is 14.1. The van der Waals surface area contributed by atoms with E-state index in [1.165, 1.54) is 0 Å². The van der Waals surface area contributed by atoms with Crippen LogP contribution in [-0.2, 0) is 16.3 Å². The predicted octanol–water partition coefficient (Wildman–Crippen LogP) is 4.36. The maximum absolute atomic E-state index is 14.1. The van der Waals surface area contributed by atoms with Crippen molar-refractivity contribution in [1.82, 2.24) is 0 Å². The highest BCUT2D eigenvalue weighted by molar-refractivity contribution is 7.91. The highest BCUT2D eigenvalue weighted by atomic mass is 32.2. The Labute approximate surface area is 156 Å². The Morgan fingerprint density at radius 1 is 1.25 bits per heavy atom. The lowest BCUT2D eigenvalue weighted by atomic mass is 10.1. The van der Waals surface area contributed by atoms with Gasteiger partial charge in [-0.1, -0.05) is 0 Å². The van der Waals surface area contributed by atoms with Gasteiger partial charge in [-0.2, -0.15) is 8.78 Å². The monoisotopic (exact) mass is 418 g/mol. The van der Waals surface area contributed by atoms with E-state index in [1.54, 1.807) is 0 Å². The number of nitrogens with zero attached hydrogens (tertiary/aromatic N) is 1. The molecule has 2 aromatic rings. The Bertz CT molecular complexity index is 1100. The van der Waals surface area contributed by atoms with E-state index in [-0.39, 0.29) is 22.7 Å². The summed E-state index contributed by atoms with van der Waals surface area (Å²) in [5.74, 6) is -8.75. The molecular weight excluding hydrogens is 407 g/mol. The highest BCUT2D eigenvalue weighted by Crippen LogP contribution is 2.49. The molecule has 0 heterocycles. The Kier molecular flexibility index (Phi) is 4.81. The Balaban J connectivity index is 2.17. The van der Waals surface area contributed by atoms with Crippen LogP contribution in [-0.4, -0.2) is 20.1 Å². The highest BCUT2D eigenvalue weighted by Gasteiger charge is 2.50. The number of fused-ring (bicyclic) bond motifs is 1. The predicted molar refractivity (Wildman–Crippen MR) is 87.9 cm³/mol. The zero-order chi connectivity index (χ0) is 20.9. The van der Waals surface area contributed by atoms with E-state index in [0.29, 0.717) is 6.07 Å². The molecule has 1 aliphatic rings. The van der Waals surface area contributed by atoms with E-state index in [2.05, 4.69) is 4.85 Å². The third kappa shape index (κ3) is 3.29. The summed E-state index contributed by atoms with van der Waals surface area (Å²) >= 11 is 0. The van der Waals surface area contributed by atoms with Crippen LogP contribution in [0, 0.1) is 12.4 Å². The first-order valence-corrected chi connectivity index (χ1v) is 9.19. The Morgan fingerprint density at radius 3 is 2.54 bits per heavy atom. The summed E-state index contributed by atoms with van der Waals surface area (Å²) in [6, 6.07) is 2.43. The van der Waals surface area contributed by atoms with Crippen molar-refractivity contribution in [3.8, 4) is 11.5 Å². The molecule has 0 saturated carbocycles. The number of sulfone groups is 1. The van der Waals surface area contributed by atoms with Crippen LogP contribution in [0.25, 0.3) is 4.85 Å². The number of nitrogens with two attached hydrogens (primary N) is 1. The molecule has 0 radical (unpaired) electrons. The van der Waals surface area contributed by atoms with Crippen molar-refractivity contribution in [3.05, 3.63) is 58.7 Å². The van der Waals surface area contributed by atoms with Crippen molar-refractivity contribution >= 4 is 15.5 Å². The molecule has 0 aliphatic heterocycles. The summed E-state index contributed by atoms with van der Waals surface area (Å²) < 4.78 is 96.8. The minimum absolute atomic E-state index is 0.120. The molecule has 0 saturated heterocycles. The average molecular weight is 418 g/mol. The Hall–Kier alpha value is -2.71. The van der Waals surface area contributed by atoms with Crippen molar-refractivity contribution in [2.24, 2.45) is 5.73 Å². The lowest BCUT2D eigenvalue weighted by molar-refractivity contribution is -0.0141. The summed E-state index contributed by atoms with van der Waals surface area (Å²) in [7, 11) is -5.19. The fourth-order valence-corrected chi connectivity index (χ4v) is 3.95. The third-order valence-corrected chi connectivity index (χ3v) is 5.64. The molecule has 5 nitrogen and oxygen atoms in total. The zero-order valence-corrected chi connectivity index (χ0v) is 14.6. The lowest BCUT2D eigenvalue weighted by Gasteiger charge is -2.17. The summed E-state index contributed by atoms with van der Waals surface area (Å²) in [6.45, 7) is 6.90. The van der Waals surface area contributed by atoms with E-state index >= 15 is 0 Å². The third-order valence-electron chi connectivity index (χ3n) is 4.21. The fourth-order valence-electron chi connectivity index (χ4n) is 2.94. The largest absolute Gasteiger partial charge is 0.458 e. The van der Waals surface area contributed by atoms with Gasteiger partial charge in [-0.3, -0.25) is 0 Å². The quantitative estimate of drug-likeness (QED) is 0.592. The number of alkyl halides is 4. The van der Waals surface area contributed by atoms with E-state index < -0.39 is 50.3 Å². The van der Waals surface area contributed by atoms with Gasteiger partial charge < -0.3 is 10.5 Å². The maximum Gasteiger partial charge on any atom is 0.341 e. The second-order valence-electron chi connectivity index (χ2n) is 6.03. The lowest BCUT2D eigenvalue weighted by Crippen LogP contribution is -2.29. The molecule has 28 heavy (non-hydrogen) atoms. The zero-order valence-electron chi connectivity index (χ0n) is 13.8. The fraction of sp³-hybridized carbons (Fsp3) is 0.235. The van der Waals surface area contributed by atoms with Gasteiger partial charge in [-0.15, -0.1) is 0 Å². The van der Waals surface area contributed by atoms with E-state index in [9.17, 15) is 30.4 Å². The van der Waals surface area contributed by atoms with Crippen LogP contribution in [0.1, 0.15) is 17.2 Å². The molecule has 0 bridgehead atoms. The molecule has 0 aromatic heterocycles. The van der Waals surface area contributed by atoms with Crippen LogP contribution in [0.5, 0.6) is 11.5 Å². The van der Waals surface area contributed by atoms with Gasteiger partial charge in [-0.25, -0.2) is 26.4 Å². The molecule has 0 fully saturated rings. The van der Waals surface area contributed by atoms with E-state index in [4.69, 9.17) is 17.0 Å². The first-order chi connectivity index (χ1) is 13.0. The molecule has 11 heteroatoms. The molecule has 1 aliphatic carbocycles. The normalized spacial score (nSPS) is 18.0. The number of ether oxygens (including phenoxy) is 1. The van der Waals surface area contributed by atoms with Gasteiger partial charge in [0, 0.05) is 23.6 Å². The SMILES string of the molecule is [C-]#[N+]c1cc(F)cc(Oc2ccc(S(=O)(=O)C(F)F)c3c2CC(F)(F)[C@H]3N)c1. The molecule has 1 atom stereocenters. The number of hydrogen-bond acceptors (Lipinski definition) is 4. The first kappa shape index (κ1) is 20.0. The number of halogens is 5. The van der Waals surface area contributed by atoms with Crippen molar-refractivity contribution in [3.63, 3.8) is 0 Å². The van der Waals surface area contributed by atoms with Crippen LogP contribution >= 0.6 is 0 Å². The van der Waals surface area contributed by atoms with Gasteiger partial charge in [-0.05, 0) is 24.3 Å². The average Bonchev–Trinajstić information content (AvgIpc) is 2.85. The van der Waals surface area contributed by atoms with Gasteiger partial charge in [0.2, 0.25) is 9.84 Å². The van der Waals surface area contributed by atoms with Gasteiger partial charge in [0.25, 0.3) is 5.92 Å². The molecule has 3 rings (SSSR count). The second kappa shape index (κ2) is 6.72. The van der Waals surface area contributed by atoms with Crippen LogP contribution in [0.15, 0.2) is 35.2 Å². The number of benzene rings is 2. The summed E-state index contributed by atoms with van der Waals surface area (Å²) in [4.78, 5) is 2.03. The number of rotatable bonds is 4. The molecule has 0 amide bonds. The molecule has 0 spiro atoms. The summed E-state index contributed by atoms with van der Waals surface area (Å²) in [5, 5.41) is 0. The van der Waals surface area contributed by atoms with Gasteiger partial charge in [0.1, 0.15) is 17.3 Å². The van der Waals surface area contributed by atoms with Crippen LogP contribution in [0.3, 0.4) is 0 Å². The smallest absolute Gasteiger partial charge is 0.341 e. The first-order valence-electron chi connectivity index (χ1n) is 7.64. The van der Waals surface area contributed by atoms with Gasteiger partial charge in [0.05, 0.1) is 17.5 Å². The van der Waals surface area contributed by atoms with E-state index in [0.717, 1.165) is 24.3 Å². The molecule has 0 unspecified atom stereocenters. The Morgan fingerprint density at radius 2 is 1.93 bits per heavy atom. The minimum Gasteiger partial charge on any atom is -0.458 e. The van der Waals surface area contributed by atoms with Crippen LogP contribution in [0.2, 0.25) is 0 Å². The topological polar surface area (TPSA) is 73.8 Å².